The molecule has 164 valence electrons. The van der Waals surface area contributed by atoms with Crippen molar-refractivity contribution in [3.8, 4) is 5.75 Å². The van der Waals surface area contributed by atoms with Crippen LogP contribution < -0.4 is 10.5 Å². The summed E-state index contributed by atoms with van der Waals surface area (Å²) < 4.78 is 5.84. The van der Waals surface area contributed by atoms with E-state index >= 15 is 0 Å². The minimum absolute atomic E-state index is 0.0297. The topological polar surface area (TPSA) is 111 Å². The van der Waals surface area contributed by atoms with Crippen molar-refractivity contribution in [3.63, 3.8) is 0 Å². The molecule has 0 atom stereocenters. The van der Waals surface area contributed by atoms with Gasteiger partial charge in [0.25, 0.3) is 0 Å². The number of fused-ring (bicyclic) bond motifs is 1. The molecule has 0 amide bonds. The van der Waals surface area contributed by atoms with E-state index in [4.69, 9.17) is 10.5 Å². The van der Waals surface area contributed by atoms with E-state index in [-0.39, 0.29) is 12.2 Å². The van der Waals surface area contributed by atoms with Crippen molar-refractivity contribution >= 4 is 34.4 Å². The van der Waals surface area contributed by atoms with Crippen LogP contribution in [0.2, 0.25) is 0 Å². The number of aromatic nitrogens is 2. The molecule has 2 aromatic carbocycles. The summed E-state index contributed by atoms with van der Waals surface area (Å²) in [7, 11) is 1.69. The second kappa shape index (κ2) is 9.74. The minimum Gasteiger partial charge on any atom is -0.487 e. The van der Waals surface area contributed by atoms with Crippen LogP contribution in [0.3, 0.4) is 0 Å². The number of hydrogen-bond donors (Lipinski definition) is 2. The summed E-state index contributed by atoms with van der Waals surface area (Å²) >= 11 is 0. The zero-order chi connectivity index (χ0) is 23.2. The molecule has 0 fully saturated rings. The lowest BCUT2D eigenvalue weighted by molar-refractivity contribution is 0.0693. The second-order valence-electron chi connectivity index (χ2n) is 7.24. The van der Waals surface area contributed by atoms with E-state index in [1.807, 2.05) is 48.5 Å². The Bertz CT molecular complexity index is 1350. The first-order chi connectivity index (χ1) is 16.1. The first kappa shape index (κ1) is 21.7. The quantitative estimate of drug-likeness (QED) is 0.413. The third-order valence-corrected chi connectivity index (χ3v) is 5.11. The van der Waals surface area contributed by atoms with Gasteiger partial charge in [-0.2, -0.15) is 0 Å². The molecule has 0 spiro atoms. The number of aliphatic imine (C=N–C) groups is 1. The standard InChI is InChI=1S/C26H22N4O3/c1-28-15-22(17-10-12-29-13-11-17)25(27)18-6-8-20(9-7-18)33-16-24-21(26(31)32)14-19-4-2-3-5-23(19)30-24/h2-15H,16,27H2,1H3,(H,31,32). The first-order valence-corrected chi connectivity index (χ1v) is 10.2. The highest BCUT2D eigenvalue weighted by Crippen LogP contribution is 2.24. The number of ether oxygens (including phenoxy) is 1. The van der Waals surface area contributed by atoms with Crippen LogP contribution in [0, 0.1) is 0 Å². The van der Waals surface area contributed by atoms with Crippen molar-refractivity contribution in [2.45, 2.75) is 6.61 Å². The Morgan fingerprint density at radius 3 is 2.48 bits per heavy atom. The largest absolute Gasteiger partial charge is 0.487 e. The van der Waals surface area contributed by atoms with E-state index in [0.717, 1.165) is 27.6 Å². The molecule has 4 aromatic rings. The Balaban J connectivity index is 1.57. The van der Waals surface area contributed by atoms with E-state index in [1.165, 1.54) is 0 Å². The number of hydrogen-bond acceptors (Lipinski definition) is 6. The molecule has 2 heterocycles. The Kier molecular flexibility index (Phi) is 6.40. The number of pyridine rings is 2. The molecule has 0 aliphatic heterocycles. The van der Waals surface area contributed by atoms with Crippen molar-refractivity contribution in [1.82, 2.24) is 9.97 Å². The number of rotatable bonds is 7. The van der Waals surface area contributed by atoms with Crippen LogP contribution in [0.25, 0.3) is 22.2 Å². The van der Waals surface area contributed by atoms with Crippen molar-refractivity contribution in [3.05, 3.63) is 102 Å². The van der Waals surface area contributed by atoms with Crippen LogP contribution in [0.5, 0.6) is 5.75 Å². The first-order valence-electron chi connectivity index (χ1n) is 10.2. The highest BCUT2D eigenvalue weighted by atomic mass is 16.5. The second-order valence-corrected chi connectivity index (χ2v) is 7.24. The maximum atomic E-state index is 11.7. The van der Waals surface area contributed by atoms with Gasteiger partial charge in [-0.3, -0.25) is 9.98 Å². The summed E-state index contributed by atoms with van der Waals surface area (Å²) in [5, 5.41) is 10.3. The molecule has 4 rings (SSSR count). The third kappa shape index (κ3) is 4.88. The number of allylic oxidation sites excluding steroid dienone is 1. The molecular formula is C26H22N4O3. The van der Waals surface area contributed by atoms with Crippen molar-refractivity contribution in [2.24, 2.45) is 10.7 Å². The normalized spacial score (nSPS) is 12.0. The molecule has 0 unspecified atom stereocenters. The average molecular weight is 438 g/mol. The van der Waals surface area contributed by atoms with Gasteiger partial charge in [-0.25, -0.2) is 9.78 Å². The van der Waals surface area contributed by atoms with Gasteiger partial charge in [-0.1, -0.05) is 18.2 Å². The molecule has 3 N–H and O–H groups in total. The Morgan fingerprint density at radius 1 is 1.06 bits per heavy atom. The fourth-order valence-corrected chi connectivity index (χ4v) is 3.45. The van der Waals surface area contributed by atoms with Gasteiger partial charge in [0, 0.05) is 42.3 Å². The summed E-state index contributed by atoms with van der Waals surface area (Å²) in [5.74, 6) is -0.464. The fraction of sp³-hybridized carbons (Fsp3) is 0.0769. The van der Waals surface area contributed by atoms with Crippen LogP contribution in [0.15, 0.2) is 84.1 Å². The molecule has 0 aliphatic rings. The number of benzene rings is 2. The van der Waals surface area contributed by atoms with E-state index in [1.54, 1.807) is 43.9 Å². The summed E-state index contributed by atoms with van der Waals surface area (Å²) in [6, 6.07) is 20.0. The van der Waals surface area contributed by atoms with Crippen molar-refractivity contribution < 1.29 is 14.6 Å². The molecule has 2 aromatic heterocycles. The van der Waals surface area contributed by atoms with Crippen LogP contribution >= 0.6 is 0 Å². The predicted molar refractivity (Wildman–Crippen MR) is 129 cm³/mol. The Hall–Kier alpha value is -4.52. The molecular weight excluding hydrogens is 416 g/mol. The van der Waals surface area contributed by atoms with Crippen LogP contribution in [-0.4, -0.2) is 34.3 Å². The van der Waals surface area contributed by atoms with E-state index in [2.05, 4.69) is 15.0 Å². The third-order valence-electron chi connectivity index (χ3n) is 5.11. The summed E-state index contributed by atoms with van der Waals surface area (Å²) in [6.45, 7) is 0.0297. The average Bonchev–Trinajstić information content (AvgIpc) is 2.86. The predicted octanol–water partition coefficient (Wildman–Crippen LogP) is 4.43. The van der Waals surface area contributed by atoms with Crippen LogP contribution in [0.1, 0.15) is 27.2 Å². The van der Waals surface area contributed by atoms with Gasteiger partial charge in [0.2, 0.25) is 0 Å². The van der Waals surface area contributed by atoms with Gasteiger partial charge in [0.1, 0.15) is 12.4 Å². The number of carboxylic acid groups (broad SMARTS) is 1. The molecule has 0 radical (unpaired) electrons. The van der Waals surface area contributed by atoms with Crippen LogP contribution in [0.4, 0.5) is 0 Å². The highest BCUT2D eigenvalue weighted by Gasteiger charge is 2.14. The molecule has 33 heavy (non-hydrogen) atoms. The Labute approximate surface area is 190 Å². The smallest absolute Gasteiger partial charge is 0.337 e. The zero-order valence-corrected chi connectivity index (χ0v) is 18.0. The van der Waals surface area contributed by atoms with E-state index in [9.17, 15) is 9.90 Å². The minimum atomic E-state index is -1.04. The highest BCUT2D eigenvalue weighted by molar-refractivity contribution is 6.18. The van der Waals surface area contributed by atoms with Crippen molar-refractivity contribution in [1.29, 1.82) is 0 Å². The molecule has 7 nitrogen and oxygen atoms in total. The lowest BCUT2D eigenvalue weighted by atomic mass is 10.0. The lowest BCUT2D eigenvalue weighted by Crippen LogP contribution is -2.08. The van der Waals surface area contributed by atoms with Gasteiger partial charge in [-0.15, -0.1) is 0 Å². The Morgan fingerprint density at radius 2 is 1.79 bits per heavy atom. The van der Waals surface area contributed by atoms with Gasteiger partial charge in [0.15, 0.2) is 0 Å². The lowest BCUT2D eigenvalue weighted by Gasteiger charge is -2.12. The maximum Gasteiger partial charge on any atom is 0.337 e. The van der Waals surface area contributed by atoms with Crippen LogP contribution in [-0.2, 0) is 6.61 Å². The van der Waals surface area contributed by atoms with Gasteiger partial charge >= 0.3 is 5.97 Å². The monoisotopic (exact) mass is 438 g/mol. The number of aromatic carboxylic acids is 1. The summed E-state index contributed by atoms with van der Waals surface area (Å²) in [4.78, 5) is 24.3. The molecule has 0 bridgehead atoms. The molecule has 0 saturated heterocycles. The van der Waals surface area contributed by atoms with Gasteiger partial charge in [0.05, 0.1) is 16.8 Å². The zero-order valence-electron chi connectivity index (χ0n) is 18.0. The van der Waals surface area contributed by atoms with Crippen molar-refractivity contribution in [2.75, 3.05) is 7.05 Å². The number of para-hydroxylation sites is 1. The summed E-state index contributed by atoms with van der Waals surface area (Å²) in [5.41, 5.74) is 10.7. The van der Waals surface area contributed by atoms with E-state index in [0.29, 0.717) is 17.1 Å². The van der Waals surface area contributed by atoms with E-state index < -0.39 is 5.97 Å². The number of carboxylic acids is 1. The van der Waals surface area contributed by atoms with Gasteiger partial charge < -0.3 is 15.6 Å². The number of nitrogens with two attached hydrogens (primary N) is 1. The summed E-state index contributed by atoms with van der Waals surface area (Å²) in [6.07, 6.45) is 5.12. The SMILES string of the molecule is CN=CC(=C(N)c1ccc(OCc2nc3ccccc3cc2C(=O)O)cc1)c1ccncc1. The van der Waals surface area contributed by atoms with Gasteiger partial charge in [-0.05, 0) is 59.7 Å². The number of carbonyl (C=O) groups is 1. The molecule has 0 saturated carbocycles. The number of nitrogens with zero attached hydrogens (tertiary/aromatic N) is 3. The fourth-order valence-electron chi connectivity index (χ4n) is 3.45. The maximum absolute atomic E-state index is 11.7. The molecule has 7 heteroatoms. The molecule has 0 aliphatic carbocycles.